The van der Waals surface area contributed by atoms with Gasteiger partial charge in [-0.15, -0.1) is 0 Å². The van der Waals surface area contributed by atoms with Crippen LogP contribution in [0.2, 0.25) is 39.3 Å². The molecule has 0 bridgehead atoms. The molecule has 1 radical (unpaired) electrons. The van der Waals surface area contributed by atoms with E-state index in [-0.39, 0.29) is 55.8 Å². The van der Waals surface area contributed by atoms with Crippen molar-refractivity contribution in [1.82, 2.24) is 0 Å². The van der Waals surface area contributed by atoms with Gasteiger partial charge in [-0.3, -0.25) is 0 Å². The van der Waals surface area contributed by atoms with Crippen molar-refractivity contribution < 1.29 is 55.8 Å². The Kier molecular flexibility index (Phi) is 17.9. The Balaban J connectivity index is -0.000000125. The van der Waals surface area contributed by atoms with Gasteiger partial charge in [-0.25, -0.2) is 24.3 Å². The molecule has 0 aromatic heterocycles. The van der Waals surface area contributed by atoms with Gasteiger partial charge in [-0.05, 0) is 0 Å². The SMILES string of the molecule is C[Si](C)(C)[c-]1cccc1.C[Si](C)(C)[c-]1cccc1.[Cl-].[Cl-].[Cl-].[V]. The van der Waals surface area contributed by atoms with Crippen LogP contribution >= 0.6 is 0 Å². The topological polar surface area (TPSA) is 0 Å². The standard InChI is InChI=1S/2C8H13Si.3ClH.V/c2*1-9(2,3)8-6-4-5-7-8;;;;/h2*4-7H,1-3H3;3*1H;/q2*-1;;;;/p-3. The van der Waals surface area contributed by atoms with E-state index in [1.165, 1.54) is 0 Å². The summed E-state index contributed by atoms with van der Waals surface area (Å²) in [5, 5.41) is 3.12. The van der Waals surface area contributed by atoms with E-state index >= 15 is 0 Å². The van der Waals surface area contributed by atoms with E-state index in [1.807, 2.05) is 0 Å². The van der Waals surface area contributed by atoms with Gasteiger partial charge in [0, 0.05) is 34.7 Å². The summed E-state index contributed by atoms with van der Waals surface area (Å²) in [5.41, 5.74) is 0. The molecule has 0 aliphatic heterocycles. The van der Waals surface area contributed by atoms with Gasteiger partial charge in [-0.2, -0.15) is 34.6 Å². The average molecular weight is 432 g/mol. The molecule has 2 aromatic rings. The van der Waals surface area contributed by atoms with E-state index in [0.29, 0.717) is 0 Å². The van der Waals surface area contributed by atoms with Gasteiger partial charge in [0.05, 0.1) is 0 Å². The van der Waals surface area contributed by atoms with Crippen molar-refractivity contribution in [3.05, 3.63) is 48.5 Å². The van der Waals surface area contributed by atoms with Crippen molar-refractivity contribution in [2.45, 2.75) is 39.3 Å². The van der Waals surface area contributed by atoms with Gasteiger partial charge in [0.25, 0.3) is 0 Å². The molecule has 22 heavy (non-hydrogen) atoms. The number of halogens is 3. The summed E-state index contributed by atoms with van der Waals surface area (Å²) in [4.78, 5) is 0. The zero-order chi connectivity index (χ0) is 13.8. The van der Waals surface area contributed by atoms with Gasteiger partial charge in [0.1, 0.15) is 0 Å². The Bertz CT molecular complexity index is 396. The Morgan fingerprint density at radius 1 is 0.500 bits per heavy atom. The predicted octanol–water partition coefficient (Wildman–Crippen LogP) is -5.09. The quantitative estimate of drug-likeness (QED) is 0.330. The van der Waals surface area contributed by atoms with E-state index < -0.39 is 16.1 Å². The normalized spacial score (nSPS) is 9.73. The van der Waals surface area contributed by atoms with E-state index in [4.69, 9.17) is 0 Å². The fourth-order valence-corrected chi connectivity index (χ4v) is 4.13. The van der Waals surface area contributed by atoms with Crippen LogP contribution < -0.4 is 47.6 Å². The van der Waals surface area contributed by atoms with Gasteiger partial charge in [0.15, 0.2) is 0 Å². The first-order valence-electron chi connectivity index (χ1n) is 6.65. The maximum absolute atomic E-state index is 2.36. The largest absolute Gasteiger partial charge is 1.00 e. The minimum absolute atomic E-state index is 0. The van der Waals surface area contributed by atoms with Crippen LogP contribution in [0.15, 0.2) is 48.5 Å². The Morgan fingerprint density at radius 3 is 0.773 bits per heavy atom. The Morgan fingerprint density at radius 2 is 0.682 bits per heavy atom. The third-order valence-electron chi connectivity index (χ3n) is 3.06. The van der Waals surface area contributed by atoms with Crippen molar-refractivity contribution in [3.8, 4) is 0 Å². The number of hydrogen-bond donors (Lipinski definition) is 0. The molecule has 0 nitrogen and oxygen atoms in total. The second-order valence-electron chi connectivity index (χ2n) is 6.85. The summed E-state index contributed by atoms with van der Waals surface area (Å²) >= 11 is 0. The Labute approximate surface area is 169 Å². The predicted molar refractivity (Wildman–Crippen MR) is 90.0 cm³/mol. The maximum Gasteiger partial charge on any atom is 0.0147 e. The van der Waals surface area contributed by atoms with Crippen LogP contribution in [-0.4, -0.2) is 16.1 Å². The second kappa shape index (κ2) is 12.9. The van der Waals surface area contributed by atoms with Crippen molar-refractivity contribution in [2.75, 3.05) is 0 Å². The molecule has 0 heterocycles. The first kappa shape index (κ1) is 30.5. The zero-order valence-corrected chi connectivity index (χ0v) is 19.9. The van der Waals surface area contributed by atoms with Crippen LogP contribution in [0.5, 0.6) is 0 Å². The summed E-state index contributed by atoms with van der Waals surface area (Å²) in [7, 11) is -1.96. The zero-order valence-electron chi connectivity index (χ0n) is 14.2. The van der Waals surface area contributed by atoms with Crippen LogP contribution in [0.4, 0.5) is 0 Å². The molecule has 0 aliphatic rings. The maximum atomic E-state index is 2.36. The number of rotatable bonds is 2. The van der Waals surface area contributed by atoms with E-state index in [1.54, 1.807) is 10.4 Å². The molecule has 0 saturated carbocycles. The summed E-state index contributed by atoms with van der Waals surface area (Å²) in [6.07, 6.45) is 0. The second-order valence-corrected chi connectivity index (χ2v) is 17.0. The van der Waals surface area contributed by atoms with Gasteiger partial charge >= 0.3 is 0 Å². The van der Waals surface area contributed by atoms with Crippen molar-refractivity contribution in [3.63, 3.8) is 0 Å². The molecule has 0 aliphatic carbocycles. The van der Waals surface area contributed by atoms with Crippen LogP contribution in [0.3, 0.4) is 0 Å². The van der Waals surface area contributed by atoms with Crippen LogP contribution in [0.25, 0.3) is 0 Å². The van der Waals surface area contributed by atoms with Crippen molar-refractivity contribution in [1.29, 1.82) is 0 Å². The van der Waals surface area contributed by atoms with Crippen molar-refractivity contribution >= 4 is 26.5 Å². The number of hydrogen-bond acceptors (Lipinski definition) is 0. The first-order chi connectivity index (χ1) is 8.21. The van der Waals surface area contributed by atoms with E-state index in [9.17, 15) is 0 Å². The van der Waals surface area contributed by atoms with Gasteiger partial charge in [0.2, 0.25) is 0 Å². The summed E-state index contributed by atoms with van der Waals surface area (Å²) in [6, 6.07) is 17.4. The molecule has 0 fully saturated rings. The Hall–Kier alpha value is 0.588. The molecule has 0 amide bonds. The summed E-state index contributed by atoms with van der Waals surface area (Å²) in [6.45, 7) is 14.2. The fourth-order valence-electron chi connectivity index (χ4n) is 1.75. The van der Waals surface area contributed by atoms with E-state index in [2.05, 4.69) is 87.8 Å². The molecule has 0 atom stereocenters. The molecular formula is C16H26Cl3Si2V-5. The van der Waals surface area contributed by atoms with Crippen LogP contribution in [0, 0.1) is 0 Å². The minimum atomic E-state index is -0.981. The fraction of sp³-hybridized carbons (Fsp3) is 0.375. The van der Waals surface area contributed by atoms with Crippen LogP contribution in [-0.2, 0) is 18.6 Å². The smallest absolute Gasteiger partial charge is 0.0147 e. The van der Waals surface area contributed by atoms with Gasteiger partial charge in [-0.1, -0.05) is 39.3 Å². The molecule has 2 aromatic carbocycles. The third kappa shape index (κ3) is 11.2. The first-order valence-corrected chi connectivity index (χ1v) is 13.7. The summed E-state index contributed by atoms with van der Waals surface area (Å²) < 4.78 is 0. The van der Waals surface area contributed by atoms with Gasteiger partial charge < -0.3 is 37.2 Å². The van der Waals surface area contributed by atoms with Crippen molar-refractivity contribution in [2.24, 2.45) is 0 Å². The molecule has 6 heteroatoms. The molecule has 0 spiro atoms. The third-order valence-corrected chi connectivity index (χ3v) is 7.19. The van der Waals surface area contributed by atoms with E-state index in [0.717, 1.165) is 0 Å². The molecule has 0 saturated heterocycles. The van der Waals surface area contributed by atoms with Crippen LogP contribution in [0.1, 0.15) is 0 Å². The molecule has 129 valence electrons. The monoisotopic (exact) mass is 430 g/mol. The molecule has 0 unspecified atom stereocenters. The molecular weight excluding hydrogens is 406 g/mol. The summed E-state index contributed by atoms with van der Waals surface area (Å²) in [5.74, 6) is 0. The molecule has 2 rings (SSSR count). The average Bonchev–Trinajstić information content (AvgIpc) is 2.91. The minimum Gasteiger partial charge on any atom is -1.00 e. The molecule has 0 N–H and O–H groups in total.